The number of nitrogens with zero attached hydrogens (tertiary/aromatic N) is 1. The lowest BCUT2D eigenvalue weighted by molar-refractivity contribution is -0.132. The fourth-order valence-electron chi connectivity index (χ4n) is 4.55. The van der Waals surface area contributed by atoms with Gasteiger partial charge in [0.05, 0.1) is 0 Å². The highest BCUT2D eigenvalue weighted by atomic mass is 19.1. The maximum absolute atomic E-state index is 12.9. The molecule has 3 unspecified atom stereocenters. The van der Waals surface area contributed by atoms with Crippen LogP contribution in [-0.2, 0) is 11.2 Å². The molecule has 0 bridgehead atoms. The number of fused-ring (bicyclic) bond motifs is 1. The summed E-state index contributed by atoms with van der Waals surface area (Å²) in [4.78, 5) is 14.6. The summed E-state index contributed by atoms with van der Waals surface area (Å²) in [6.45, 7) is 1.81. The molecule has 3 aliphatic rings. The maximum Gasteiger partial charge on any atom is 0.226 e. The Morgan fingerprint density at radius 1 is 1.14 bits per heavy atom. The van der Waals surface area contributed by atoms with Crippen molar-refractivity contribution in [2.75, 3.05) is 13.1 Å². The molecular weight excluding hydrogens is 265 g/mol. The minimum Gasteiger partial charge on any atom is -0.342 e. The SMILES string of the molecule is O=C(C1C2CCCC21)N1CCC(Cc2ccc(F)cc2)C1. The first kappa shape index (κ1) is 13.3. The van der Waals surface area contributed by atoms with Gasteiger partial charge in [-0.25, -0.2) is 4.39 Å². The Morgan fingerprint density at radius 2 is 1.86 bits per heavy atom. The van der Waals surface area contributed by atoms with Crippen molar-refractivity contribution in [3.8, 4) is 0 Å². The zero-order chi connectivity index (χ0) is 14.4. The van der Waals surface area contributed by atoms with E-state index < -0.39 is 0 Å². The highest BCUT2D eigenvalue weighted by molar-refractivity contribution is 5.82. The van der Waals surface area contributed by atoms with Crippen LogP contribution in [0, 0.1) is 29.5 Å². The summed E-state index contributed by atoms with van der Waals surface area (Å²) in [7, 11) is 0. The van der Waals surface area contributed by atoms with Crippen molar-refractivity contribution in [3.63, 3.8) is 0 Å². The lowest BCUT2D eigenvalue weighted by Gasteiger charge is -2.17. The van der Waals surface area contributed by atoms with E-state index >= 15 is 0 Å². The van der Waals surface area contributed by atoms with Crippen molar-refractivity contribution >= 4 is 5.91 Å². The van der Waals surface area contributed by atoms with Crippen molar-refractivity contribution in [3.05, 3.63) is 35.6 Å². The molecule has 3 heteroatoms. The Hall–Kier alpha value is -1.38. The number of hydrogen-bond acceptors (Lipinski definition) is 1. The van der Waals surface area contributed by atoms with Gasteiger partial charge in [-0.15, -0.1) is 0 Å². The zero-order valence-corrected chi connectivity index (χ0v) is 12.3. The predicted octanol–water partition coefficient (Wildman–Crippen LogP) is 3.26. The molecule has 1 aromatic rings. The summed E-state index contributed by atoms with van der Waals surface area (Å²) in [5, 5.41) is 0. The van der Waals surface area contributed by atoms with Gasteiger partial charge in [0.2, 0.25) is 5.91 Å². The number of likely N-dealkylation sites (tertiary alicyclic amines) is 1. The third-order valence-electron chi connectivity index (χ3n) is 5.73. The second kappa shape index (κ2) is 5.11. The number of halogens is 1. The van der Waals surface area contributed by atoms with Crippen molar-refractivity contribution in [2.24, 2.45) is 23.7 Å². The molecular formula is C18H22FNO. The Kier molecular flexibility index (Phi) is 3.24. The van der Waals surface area contributed by atoms with Crippen LogP contribution in [0.5, 0.6) is 0 Å². The van der Waals surface area contributed by atoms with Crippen LogP contribution in [0.25, 0.3) is 0 Å². The Morgan fingerprint density at radius 3 is 2.57 bits per heavy atom. The van der Waals surface area contributed by atoms with Gasteiger partial charge in [0, 0.05) is 19.0 Å². The smallest absolute Gasteiger partial charge is 0.226 e. The van der Waals surface area contributed by atoms with Gasteiger partial charge in [-0.2, -0.15) is 0 Å². The quantitative estimate of drug-likeness (QED) is 0.835. The van der Waals surface area contributed by atoms with Crippen LogP contribution in [0.2, 0.25) is 0 Å². The molecule has 2 nitrogen and oxygen atoms in total. The highest BCUT2D eigenvalue weighted by Crippen LogP contribution is 2.58. The van der Waals surface area contributed by atoms with Crippen LogP contribution in [0.4, 0.5) is 4.39 Å². The maximum atomic E-state index is 12.9. The van der Waals surface area contributed by atoms with E-state index in [0.717, 1.165) is 25.9 Å². The van der Waals surface area contributed by atoms with E-state index in [1.807, 2.05) is 12.1 Å². The van der Waals surface area contributed by atoms with Crippen LogP contribution >= 0.6 is 0 Å². The van der Waals surface area contributed by atoms with Crippen molar-refractivity contribution < 1.29 is 9.18 Å². The first-order valence-corrected chi connectivity index (χ1v) is 8.25. The molecule has 112 valence electrons. The number of carbonyl (C=O) groups is 1. The van der Waals surface area contributed by atoms with Crippen LogP contribution in [-0.4, -0.2) is 23.9 Å². The minimum absolute atomic E-state index is 0.178. The van der Waals surface area contributed by atoms with Crippen LogP contribution in [0.3, 0.4) is 0 Å². The van der Waals surface area contributed by atoms with E-state index in [1.54, 1.807) is 0 Å². The first-order valence-electron chi connectivity index (χ1n) is 8.25. The van der Waals surface area contributed by atoms with Gasteiger partial charge in [0.1, 0.15) is 5.82 Å². The molecule has 1 saturated heterocycles. The van der Waals surface area contributed by atoms with Gasteiger partial charge >= 0.3 is 0 Å². The molecule has 1 aliphatic heterocycles. The molecule has 3 atom stereocenters. The minimum atomic E-state index is -0.178. The van der Waals surface area contributed by atoms with E-state index in [1.165, 1.54) is 37.0 Å². The molecule has 0 N–H and O–H groups in total. The molecule has 4 rings (SSSR count). The van der Waals surface area contributed by atoms with Gasteiger partial charge in [0.15, 0.2) is 0 Å². The number of rotatable bonds is 3. The van der Waals surface area contributed by atoms with Crippen LogP contribution in [0.15, 0.2) is 24.3 Å². The molecule has 2 aliphatic carbocycles. The number of carbonyl (C=O) groups excluding carboxylic acids is 1. The Labute approximate surface area is 125 Å². The predicted molar refractivity (Wildman–Crippen MR) is 79.1 cm³/mol. The van der Waals surface area contributed by atoms with E-state index in [-0.39, 0.29) is 5.82 Å². The third-order valence-corrected chi connectivity index (χ3v) is 5.73. The van der Waals surface area contributed by atoms with Gasteiger partial charge in [0.25, 0.3) is 0 Å². The molecule has 1 heterocycles. The van der Waals surface area contributed by atoms with Crippen molar-refractivity contribution in [1.82, 2.24) is 4.90 Å². The second-order valence-electron chi connectivity index (χ2n) is 7.05. The monoisotopic (exact) mass is 287 g/mol. The number of benzene rings is 1. The summed E-state index contributed by atoms with van der Waals surface area (Å²) in [6, 6.07) is 6.79. The van der Waals surface area contributed by atoms with Gasteiger partial charge in [-0.3, -0.25) is 4.79 Å². The third kappa shape index (κ3) is 2.47. The van der Waals surface area contributed by atoms with E-state index in [0.29, 0.717) is 29.6 Å². The Balaban J connectivity index is 1.32. The fraction of sp³-hybridized carbons (Fsp3) is 0.611. The lowest BCUT2D eigenvalue weighted by Crippen LogP contribution is -2.31. The van der Waals surface area contributed by atoms with Crippen LogP contribution < -0.4 is 0 Å². The summed E-state index contributed by atoms with van der Waals surface area (Å²) in [6.07, 6.45) is 5.92. The largest absolute Gasteiger partial charge is 0.342 e. The second-order valence-corrected chi connectivity index (χ2v) is 7.05. The first-order chi connectivity index (χ1) is 10.2. The summed E-state index contributed by atoms with van der Waals surface area (Å²) in [5.41, 5.74) is 1.18. The molecule has 3 fully saturated rings. The summed E-state index contributed by atoms with van der Waals surface area (Å²) in [5.74, 6) is 2.58. The van der Waals surface area contributed by atoms with Crippen molar-refractivity contribution in [1.29, 1.82) is 0 Å². The number of amides is 1. The molecule has 0 spiro atoms. The van der Waals surface area contributed by atoms with Gasteiger partial charge in [-0.1, -0.05) is 18.6 Å². The molecule has 2 saturated carbocycles. The Bertz CT molecular complexity index is 531. The van der Waals surface area contributed by atoms with Gasteiger partial charge < -0.3 is 4.90 Å². The number of hydrogen-bond donors (Lipinski definition) is 0. The average molecular weight is 287 g/mol. The van der Waals surface area contributed by atoms with E-state index in [9.17, 15) is 9.18 Å². The zero-order valence-electron chi connectivity index (χ0n) is 12.3. The highest BCUT2D eigenvalue weighted by Gasteiger charge is 2.57. The van der Waals surface area contributed by atoms with E-state index in [2.05, 4.69) is 4.90 Å². The standard InChI is InChI=1S/C18H22FNO/c19-14-6-4-12(5-7-14)10-13-8-9-20(11-13)18(21)17-15-2-1-3-16(15)17/h4-7,13,15-17H,1-3,8-11H2. The molecule has 0 radical (unpaired) electrons. The molecule has 1 amide bonds. The molecule has 21 heavy (non-hydrogen) atoms. The summed E-state index contributed by atoms with van der Waals surface area (Å²) < 4.78 is 12.9. The fourth-order valence-corrected chi connectivity index (χ4v) is 4.55. The van der Waals surface area contributed by atoms with Crippen LogP contribution in [0.1, 0.15) is 31.2 Å². The van der Waals surface area contributed by atoms with Crippen molar-refractivity contribution in [2.45, 2.75) is 32.1 Å². The lowest BCUT2D eigenvalue weighted by atomic mass is 9.99. The molecule has 0 aromatic heterocycles. The normalized spacial score (nSPS) is 34.0. The van der Waals surface area contributed by atoms with Gasteiger partial charge in [-0.05, 0) is 61.1 Å². The topological polar surface area (TPSA) is 20.3 Å². The average Bonchev–Trinajstić information content (AvgIpc) is 2.86. The van der Waals surface area contributed by atoms with E-state index in [4.69, 9.17) is 0 Å². The molecule has 1 aromatic carbocycles. The summed E-state index contributed by atoms with van der Waals surface area (Å²) >= 11 is 0.